The van der Waals surface area contributed by atoms with E-state index >= 15 is 0 Å². The van der Waals surface area contributed by atoms with E-state index < -0.39 is 5.60 Å². The van der Waals surface area contributed by atoms with Gasteiger partial charge in [-0.1, -0.05) is 12.1 Å². The number of ether oxygens (including phenoxy) is 1. The highest BCUT2D eigenvalue weighted by Crippen LogP contribution is 2.35. The molecular weight excluding hydrogens is 420 g/mol. The van der Waals surface area contributed by atoms with E-state index in [4.69, 9.17) is 4.74 Å². The lowest BCUT2D eigenvalue weighted by molar-refractivity contribution is 0.0184. The van der Waals surface area contributed by atoms with Crippen LogP contribution in [0.15, 0.2) is 42.7 Å². The van der Waals surface area contributed by atoms with Crippen LogP contribution in [-0.4, -0.2) is 51.2 Å². The van der Waals surface area contributed by atoms with Gasteiger partial charge in [-0.15, -0.1) is 0 Å². The van der Waals surface area contributed by atoms with E-state index in [9.17, 15) is 14.4 Å². The maximum atomic E-state index is 13.3. The Labute approximate surface area is 191 Å². The smallest absolute Gasteiger partial charge is 0.410 e. The highest BCUT2D eigenvalue weighted by molar-refractivity contribution is 6.27. The minimum absolute atomic E-state index is 0.111. The van der Waals surface area contributed by atoms with Crippen LogP contribution in [0.5, 0.6) is 0 Å². The summed E-state index contributed by atoms with van der Waals surface area (Å²) >= 11 is 0. The molecule has 0 bridgehead atoms. The second-order valence-electron chi connectivity index (χ2n) is 9.58. The van der Waals surface area contributed by atoms with Crippen molar-refractivity contribution in [2.75, 3.05) is 18.4 Å². The van der Waals surface area contributed by atoms with Crippen LogP contribution in [0.4, 0.5) is 10.5 Å². The van der Waals surface area contributed by atoms with E-state index in [1.807, 2.05) is 31.5 Å². The summed E-state index contributed by atoms with van der Waals surface area (Å²) in [5, 5.41) is 8.84. The first-order valence-corrected chi connectivity index (χ1v) is 11.1. The van der Waals surface area contributed by atoms with E-state index in [-0.39, 0.29) is 23.8 Å². The Hall–Kier alpha value is -3.68. The van der Waals surface area contributed by atoms with Gasteiger partial charge in [0.1, 0.15) is 5.60 Å². The van der Waals surface area contributed by atoms with Gasteiger partial charge < -0.3 is 15.0 Å². The van der Waals surface area contributed by atoms with Crippen LogP contribution in [0, 0.1) is 0 Å². The van der Waals surface area contributed by atoms with E-state index in [1.165, 1.54) is 0 Å². The third-order valence-electron chi connectivity index (χ3n) is 6.13. The summed E-state index contributed by atoms with van der Waals surface area (Å²) in [6, 6.07) is 9.08. The highest BCUT2D eigenvalue weighted by Gasteiger charge is 2.29. The van der Waals surface area contributed by atoms with Gasteiger partial charge in [0.05, 0.1) is 17.8 Å². The van der Waals surface area contributed by atoms with Crippen LogP contribution in [-0.2, 0) is 4.74 Å². The molecule has 0 saturated carbocycles. The second kappa shape index (κ2) is 7.72. The Bertz CT molecular complexity index is 1280. The maximum absolute atomic E-state index is 13.3. The molecule has 1 fully saturated rings. The van der Waals surface area contributed by atoms with Gasteiger partial charge in [-0.25, -0.2) is 4.79 Å². The number of amides is 2. The number of hydrogen-bond donors (Lipinski definition) is 1. The summed E-state index contributed by atoms with van der Waals surface area (Å²) in [6.07, 6.45) is 4.56. The molecule has 8 nitrogen and oxygen atoms in total. The molecule has 33 heavy (non-hydrogen) atoms. The molecule has 2 aliphatic rings. The van der Waals surface area contributed by atoms with Gasteiger partial charge in [-0.2, -0.15) is 5.10 Å². The van der Waals surface area contributed by atoms with Crippen molar-refractivity contribution in [3.8, 4) is 0 Å². The molecule has 1 saturated heterocycles. The molecule has 5 rings (SSSR count). The predicted molar refractivity (Wildman–Crippen MR) is 124 cm³/mol. The molecule has 0 unspecified atom stereocenters. The fourth-order valence-corrected chi connectivity index (χ4v) is 4.54. The molecule has 0 atom stereocenters. The highest BCUT2D eigenvalue weighted by atomic mass is 16.6. The number of aromatic nitrogens is 2. The molecule has 2 aromatic carbocycles. The van der Waals surface area contributed by atoms with E-state index in [2.05, 4.69) is 10.4 Å². The molecule has 0 aliphatic carbocycles. The lowest BCUT2D eigenvalue weighted by Crippen LogP contribution is -2.42. The van der Waals surface area contributed by atoms with E-state index in [0.717, 1.165) is 29.3 Å². The average Bonchev–Trinajstić information content (AvgIpc) is 3.39. The van der Waals surface area contributed by atoms with Crippen LogP contribution in [0.2, 0.25) is 0 Å². The summed E-state index contributed by atoms with van der Waals surface area (Å²) in [5.74, 6) is -0.277. The van der Waals surface area contributed by atoms with Gasteiger partial charge in [-0.05, 0) is 57.2 Å². The Morgan fingerprint density at radius 3 is 2.61 bits per heavy atom. The third kappa shape index (κ3) is 3.86. The first kappa shape index (κ1) is 21.2. The number of likely N-dealkylation sites (tertiary alicyclic amines) is 1. The zero-order valence-corrected chi connectivity index (χ0v) is 18.9. The zero-order valence-electron chi connectivity index (χ0n) is 18.9. The second-order valence-corrected chi connectivity index (χ2v) is 9.58. The van der Waals surface area contributed by atoms with Crippen LogP contribution in [0.1, 0.15) is 65.9 Å². The standard InChI is InChI=1S/C25H26N4O4/c1-25(2,3)33-24(32)28-11-9-16(10-12-28)29-14-15(13-26-29)22(30)18-7-8-20-21-17(18)5-4-6-19(21)23(31)27-20/h4-8,13-14,16H,9-12H2,1-3H3,(H,27,31). The maximum Gasteiger partial charge on any atom is 0.410 e. The van der Waals surface area contributed by atoms with Crippen molar-refractivity contribution >= 4 is 34.2 Å². The molecule has 8 heteroatoms. The van der Waals surface area contributed by atoms with E-state index in [1.54, 1.807) is 41.6 Å². The first-order chi connectivity index (χ1) is 15.7. The summed E-state index contributed by atoms with van der Waals surface area (Å²) in [7, 11) is 0. The number of carbonyl (C=O) groups is 3. The number of benzene rings is 2. The van der Waals surface area contributed by atoms with Crippen LogP contribution < -0.4 is 5.32 Å². The van der Waals surface area contributed by atoms with Gasteiger partial charge in [-0.3, -0.25) is 14.3 Å². The van der Waals surface area contributed by atoms with Crippen LogP contribution in [0.3, 0.4) is 0 Å². The number of ketones is 1. The fraction of sp³-hybridized carbons (Fsp3) is 0.360. The first-order valence-electron chi connectivity index (χ1n) is 11.1. The van der Waals surface area contributed by atoms with Gasteiger partial charge in [0.15, 0.2) is 5.78 Å². The minimum Gasteiger partial charge on any atom is -0.444 e. The summed E-state index contributed by atoms with van der Waals surface area (Å²) in [5.41, 5.74) is 1.85. The lowest BCUT2D eigenvalue weighted by Gasteiger charge is -2.33. The lowest BCUT2D eigenvalue weighted by atomic mass is 9.96. The number of nitrogens with zero attached hydrogens (tertiary/aromatic N) is 3. The number of carbonyl (C=O) groups excluding carboxylic acids is 3. The summed E-state index contributed by atoms with van der Waals surface area (Å²) in [4.78, 5) is 39.5. The Kier molecular flexibility index (Phi) is 4.96. The minimum atomic E-state index is -0.517. The average molecular weight is 447 g/mol. The molecule has 0 spiro atoms. The quantitative estimate of drug-likeness (QED) is 0.602. The molecular formula is C25H26N4O4. The zero-order chi connectivity index (χ0) is 23.3. The molecule has 2 amide bonds. The molecule has 170 valence electrons. The molecule has 3 aromatic rings. The summed E-state index contributed by atoms with van der Waals surface area (Å²) in [6.45, 7) is 6.74. The summed E-state index contributed by atoms with van der Waals surface area (Å²) < 4.78 is 7.28. The van der Waals surface area contributed by atoms with Crippen LogP contribution >= 0.6 is 0 Å². The van der Waals surface area contributed by atoms with Gasteiger partial charge in [0, 0.05) is 41.5 Å². The van der Waals surface area contributed by atoms with Crippen molar-refractivity contribution in [1.82, 2.24) is 14.7 Å². The largest absolute Gasteiger partial charge is 0.444 e. The van der Waals surface area contributed by atoms with E-state index in [0.29, 0.717) is 29.8 Å². The molecule has 2 aliphatic heterocycles. The van der Waals surface area contributed by atoms with Crippen molar-refractivity contribution in [2.24, 2.45) is 0 Å². The number of piperidine rings is 1. The normalized spacial score (nSPS) is 16.2. The molecule has 3 heterocycles. The predicted octanol–water partition coefficient (Wildman–Crippen LogP) is 4.41. The van der Waals surface area contributed by atoms with Crippen molar-refractivity contribution in [1.29, 1.82) is 0 Å². The van der Waals surface area contributed by atoms with Crippen molar-refractivity contribution in [3.63, 3.8) is 0 Å². The van der Waals surface area contributed by atoms with Crippen molar-refractivity contribution in [3.05, 3.63) is 59.4 Å². The van der Waals surface area contributed by atoms with Crippen molar-refractivity contribution < 1.29 is 19.1 Å². The van der Waals surface area contributed by atoms with Gasteiger partial charge in [0.25, 0.3) is 5.91 Å². The van der Waals surface area contributed by atoms with Crippen LogP contribution in [0.25, 0.3) is 10.8 Å². The molecule has 0 radical (unpaired) electrons. The molecule has 1 N–H and O–H groups in total. The SMILES string of the molecule is CC(C)(C)OC(=O)N1CCC(n2cc(C(=O)c3ccc4c5c(cccc35)C(=O)N4)cn2)CC1. The number of rotatable bonds is 3. The number of nitrogens with one attached hydrogen (secondary N) is 1. The number of hydrogen-bond acceptors (Lipinski definition) is 5. The Morgan fingerprint density at radius 2 is 1.88 bits per heavy atom. The topological polar surface area (TPSA) is 93.5 Å². The van der Waals surface area contributed by atoms with Gasteiger partial charge >= 0.3 is 6.09 Å². The van der Waals surface area contributed by atoms with Crippen molar-refractivity contribution in [2.45, 2.75) is 45.3 Å². The Balaban J connectivity index is 1.32. The monoisotopic (exact) mass is 446 g/mol. The fourth-order valence-electron chi connectivity index (χ4n) is 4.54. The third-order valence-corrected chi connectivity index (χ3v) is 6.13. The number of anilines is 1. The van der Waals surface area contributed by atoms with Gasteiger partial charge in [0.2, 0.25) is 0 Å². The Morgan fingerprint density at radius 1 is 1.12 bits per heavy atom. The molecule has 1 aromatic heterocycles.